The van der Waals surface area contributed by atoms with Crippen LogP contribution in [0.1, 0.15) is 63.3 Å². The Morgan fingerprint density at radius 2 is 1.97 bits per heavy atom. The minimum absolute atomic E-state index is 0.207. The Bertz CT molecular complexity index is 1390. The first kappa shape index (κ1) is 29.0. The molecule has 2 heterocycles. The Balaban J connectivity index is 1.83. The van der Waals surface area contributed by atoms with E-state index in [2.05, 4.69) is 45.4 Å². The van der Waals surface area contributed by atoms with E-state index >= 15 is 0 Å². The number of carbonyl (C=O) groups is 1. The Labute approximate surface area is 243 Å². The molecule has 8 nitrogen and oxygen atoms in total. The number of nitrogens with zero attached hydrogens (tertiary/aromatic N) is 3. The van der Waals surface area contributed by atoms with Crippen molar-refractivity contribution in [3.8, 4) is 11.5 Å². The molecule has 1 aliphatic heterocycles. The third kappa shape index (κ3) is 6.27. The molecule has 0 bridgehead atoms. The number of carbonyl (C=O) groups excluding carboxylic acids is 1. The van der Waals surface area contributed by atoms with Crippen LogP contribution < -0.4 is 20.1 Å². The third-order valence-electron chi connectivity index (χ3n) is 6.60. The van der Waals surface area contributed by atoms with Crippen LogP contribution in [-0.4, -0.2) is 39.6 Å². The molecule has 0 saturated carbocycles. The number of hydrogen-bond acceptors (Lipinski definition) is 7. The number of aryl methyl sites for hydroxylation is 1. The second kappa shape index (κ2) is 12.9. The van der Waals surface area contributed by atoms with Gasteiger partial charge in [0.15, 0.2) is 11.5 Å². The minimum atomic E-state index is -0.537. The molecule has 1 atom stereocenters. The lowest BCUT2D eigenvalue weighted by Crippen LogP contribution is -2.31. The van der Waals surface area contributed by atoms with Crippen LogP contribution in [0.3, 0.4) is 0 Å². The van der Waals surface area contributed by atoms with E-state index in [1.807, 2.05) is 58.0 Å². The molecule has 208 valence electrons. The maximum Gasteiger partial charge on any atom is 0.255 e. The molecule has 3 aromatic rings. The van der Waals surface area contributed by atoms with E-state index in [1.54, 1.807) is 16.4 Å². The molecule has 1 aromatic heterocycles. The molecule has 0 spiro atoms. The fraction of sp³-hybridized carbons (Fsp3) is 0.414. The van der Waals surface area contributed by atoms with Crippen molar-refractivity contribution in [2.24, 2.45) is 0 Å². The summed E-state index contributed by atoms with van der Waals surface area (Å²) in [7, 11) is 0. The van der Waals surface area contributed by atoms with Crippen molar-refractivity contribution in [2.75, 3.05) is 29.6 Å². The molecule has 1 amide bonds. The second-order valence-electron chi connectivity index (χ2n) is 9.33. The van der Waals surface area contributed by atoms with Crippen molar-refractivity contribution in [2.45, 2.75) is 65.6 Å². The van der Waals surface area contributed by atoms with Gasteiger partial charge in [0.25, 0.3) is 5.91 Å². The minimum Gasteiger partial charge on any atom is -0.490 e. The molecule has 0 saturated heterocycles. The Kier molecular flexibility index (Phi) is 9.61. The van der Waals surface area contributed by atoms with Gasteiger partial charge in [-0.25, -0.2) is 4.68 Å². The summed E-state index contributed by atoms with van der Waals surface area (Å²) in [5, 5.41) is 11.9. The van der Waals surface area contributed by atoms with Gasteiger partial charge in [0.2, 0.25) is 11.1 Å². The largest absolute Gasteiger partial charge is 0.490 e. The van der Waals surface area contributed by atoms with Crippen LogP contribution in [0, 0.1) is 13.8 Å². The normalized spacial score (nSPS) is 14.6. The Morgan fingerprint density at radius 3 is 2.69 bits per heavy atom. The highest BCUT2D eigenvalue weighted by atomic mass is 79.9. The van der Waals surface area contributed by atoms with Gasteiger partial charge in [-0.05, 0) is 90.7 Å². The number of rotatable bonds is 11. The first-order valence-electron chi connectivity index (χ1n) is 13.3. The van der Waals surface area contributed by atoms with E-state index < -0.39 is 6.04 Å². The van der Waals surface area contributed by atoms with Crippen molar-refractivity contribution in [3.05, 3.63) is 62.8 Å². The standard InChI is InChI=1S/C29H36BrN5O3S/c1-7-10-14-38-26-21(30)15-20(16-23(26)37-8-2)25-24(27(36)32-22-13-11-12-17(4)18(22)5)19(6)31-28-33-29(39-9-3)34-35(25)28/h11-13,15-16,25H,7-10,14H2,1-6H3,(H,32,36)(H,31,33,34). The van der Waals surface area contributed by atoms with Crippen LogP contribution in [0.5, 0.6) is 11.5 Å². The molecular formula is C29H36BrN5O3S. The molecule has 4 rings (SSSR count). The van der Waals surface area contributed by atoms with Gasteiger partial charge in [-0.1, -0.05) is 44.2 Å². The van der Waals surface area contributed by atoms with E-state index in [4.69, 9.17) is 14.6 Å². The molecule has 0 radical (unpaired) electrons. The fourth-order valence-corrected chi connectivity index (χ4v) is 5.60. The lowest BCUT2D eigenvalue weighted by atomic mass is 9.94. The average Bonchev–Trinajstić information content (AvgIpc) is 3.29. The Morgan fingerprint density at radius 1 is 1.18 bits per heavy atom. The zero-order valence-electron chi connectivity index (χ0n) is 23.4. The number of benzene rings is 2. The number of nitrogens with one attached hydrogen (secondary N) is 2. The summed E-state index contributed by atoms with van der Waals surface area (Å²) in [6.07, 6.45) is 1.98. The van der Waals surface area contributed by atoms with Crippen LogP contribution in [0.2, 0.25) is 0 Å². The molecular weight excluding hydrogens is 578 g/mol. The van der Waals surface area contributed by atoms with Crippen molar-refractivity contribution >= 4 is 45.2 Å². The van der Waals surface area contributed by atoms with Crippen molar-refractivity contribution < 1.29 is 14.3 Å². The highest BCUT2D eigenvalue weighted by Gasteiger charge is 2.35. The summed E-state index contributed by atoms with van der Waals surface area (Å²) in [6, 6.07) is 9.29. The number of anilines is 2. The highest BCUT2D eigenvalue weighted by Crippen LogP contribution is 2.43. The molecule has 39 heavy (non-hydrogen) atoms. The molecule has 10 heteroatoms. The van der Waals surface area contributed by atoms with Gasteiger partial charge in [-0.3, -0.25) is 4.79 Å². The van der Waals surface area contributed by atoms with Crippen molar-refractivity contribution in [3.63, 3.8) is 0 Å². The number of thioether (sulfide) groups is 1. The van der Waals surface area contributed by atoms with Gasteiger partial charge < -0.3 is 20.1 Å². The monoisotopic (exact) mass is 613 g/mol. The SMILES string of the molecule is CCCCOc1c(Br)cc(C2C(C(=O)Nc3cccc(C)c3C)=C(C)Nc3nc(SCC)nn32)cc1OCC. The number of hydrogen-bond donors (Lipinski definition) is 2. The van der Waals surface area contributed by atoms with E-state index in [9.17, 15) is 4.79 Å². The molecule has 0 fully saturated rings. The van der Waals surface area contributed by atoms with E-state index in [1.165, 1.54) is 0 Å². The zero-order valence-corrected chi connectivity index (χ0v) is 25.8. The van der Waals surface area contributed by atoms with E-state index in [-0.39, 0.29) is 5.91 Å². The van der Waals surface area contributed by atoms with Gasteiger partial charge >= 0.3 is 0 Å². The summed E-state index contributed by atoms with van der Waals surface area (Å²) in [5.74, 6) is 2.50. The van der Waals surface area contributed by atoms with Crippen LogP contribution in [0.4, 0.5) is 11.6 Å². The van der Waals surface area contributed by atoms with Gasteiger partial charge in [0.05, 0.1) is 23.3 Å². The van der Waals surface area contributed by atoms with Crippen LogP contribution >= 0.6 is 27.7 Å². The number of amides is 1. The maximum atomic E-state index is 14.0. The predicted octanol–water partition coefficient (Wildman–Crippen LogP) is 7.27. The summed E-state index contributed by atoms with van der Waals surface area (Å²) in [4.78, 5) is 18.7. The smallest absolute Gasteiger partial charge is 0.255 e. The number of fused-ring (bicyclic) bond motifs is 1. The third-order valence-corrected chi connectivity index (χ3v) is 7.90. The van der Waals surface area contributed by atoms with Crippen molar-refractivity contribution in [1.82, 2.24) is 14.8 Å². The molecule has 0 aliphatic carbocycles. The van der Waals surface area contributed by atoms with Gasteiger partial charge in [-0.15, -0.1) is 5.10 Å². The summed E-state index contributed by atoms with van der Waals surface area (Å²) in [6.45, 7) is 13.1. The van der Waals surface area contributed by atoms with Gasteiger partial charge in [0, 0.05) is 11.4 Å². The topological polar surface area (TPSA) is 90.3 Å². The van der Waals surface area contributed by atoms with E-state index in [0.29, 0.717) is 47.1 Å². The first-order valence-corrected chi connectivity index (χ1v) is 15.1. The second-order valence-corrected chi connectivity index (χ2v) is 11.4. The number of aromatic nitrogens is 3. The zero-order chi connectivity index (χ0) is 28.1. The van der Waals surface area contributed by atoms with E-state index in [0.717, 1.165) is 45.4 Å². The molecule has 2 N–H and O–H groups in total. The lowest BCUT2D eigenvalue weighted by Gasteiger charge is -2.29. The summed E-state index contributed by atoms with van der Waals surface area (Å²) >= 11 is 5.27. The predicted molar refractivity (Wildman–Crippen MR) is 161 cm³/mol. The average molecular weight is 615 g/mol. The summed E-state index contributed by atoms with van der Waals surface area (Å²) < 4.78 is 14.7. The number of allylic oxidation sites excluding steroid dienone is 1. The fourth-order valence-electron chi connectivity index (χ4n) is 4.47. The lowest BCUT2D eigenvalue weighted by molar-refractivity contribution is -0.113. The Hall–Kier alpha value is -2.98. The van der Waals surface area contributed by atoms with Crippen LogP contribution in [-0.2, 0) is 4.79 Å². The first-order chi connectivity index (χ1) is 18.8. The van der Waals surface area contributed by atoms with Crippen LogP contribution in [0.15, 0.2) is 51.2 Å². The summed E-state index contributed by atoms with van der Waals surface area (Å²) in [5.41, 5.74) is 5.02. The number of halogens is 1. The maximum absolute atomic E-state index is 14.0. The highest BCUT2D eigenvalue weighted by molar-refractivity contribution is 9.10. The molecule has 2 aromatic carbocycles. The quantitative estimate of drug-likeness (QED) is 0.173. The number of unbranched alkanes of at least 4 members (excludes halogenated alkanes) is 1. The van der Waals surface area contributed by atoms with Gasteiger partial charge in [-0.2, -0.15) is 4.98 Å². The van der Waals surface area contributed by atoms with Gasteiger partial charge in [0.1, 0.15) is 6.04 Å². The molecule has 1 aliphatic rings. The number of ether oxygens (including phenoxy) is 2. The van der Waals surface area contributed by atoms with Crippen molar-refractivity contribution in [1.29, 1.82) is 0 Å². The van der Waals surface area contributed by atoms with Crippen LogP contribution in [0.25, 0.3) is 0 Å². The molecule has 1 unspecified atom stereocenters.